The molecule has 3 heterocycles. The van der Waals surface area contributed by atoms with E-state index in [0.29, 0.717) is 24.9 Å². The highest BCUT2D eigenvalue weighted by atomic mass is 32.1. The minimum Gasteiger partial charge on any atom is -0.354 e. The monoisotopic (exact) mass is 332 g/mol. The normalized spacial score (nSPS) is 11.7. The van der Waals surface area contributed by atoms with Crippen LogP contribution >= 0.6 is 11.3 Å². The Labute approximate surface area is 137 Å². The van der Waals surface area contributed by atoms with Crippen molar-refractivity contribution in [2.75, 3.05) is 0 Å². The van der Waals surface area contributed by atoms with E-state index in [1.807, 2.05) is 42.7 Å². The van der Waals surface area contributed by atoms with Crippen LogP contribution in [-0.2, 0) is 11.3 Å². The Morgan fingerprint density at radius 1 is 1.39 bits per heavy atom. The molecule has 0 spiro atoms. The Bertz CT molecular complexity index is 919. The maximum Gasteiger partial charge on any atom is 0.291 e. The van der Waals surface area contributed by atoms with Crippen molar-refractivity contribution in [3.05, 3.63) is 33.7 Å². The number of fused-ring (bicyclic) bond motifs is 3. The Morgan fingerprint density at radius 3 is 2.91 bits per heavy atom. The summed E-state index contributed by atoms with van der Waals surface area (Å²) in [6.45, 7) is 6.20. The van der Waals surface area contributed by atoms with E-state index in [-0.39, 0.29) is 17.5 Å². The molecule has 23 heavy (non-hydrogen) atoms. The van der Waals surface area contributed by atoms with Crippen LogP contribution < -0.4 is 10.9 Å². The largest absolute Gasteiger partial charge is 0.354 e. The second kappa shape index (κ2) is 6.16. The molecule has 1 N–H and O–H groups in total. The van der Waals surface area contributed by atoms with Crippen LogP contribution in [0.15, 0.2) is 22.3 Å². The third kappa shape index (κ3) is 3.01. The molecule has 122 valence electrons. The summed E-state index contributed by atoms with van der Waals surface area (Å²) >= 11 is 1.61. The predicted octanol–water partition coefficient (Wildman–Crippen LogP) is 2.32. The van der Waals surface area contributed by atoms with Gasteiger partial charge in [0.25, 0.3) is 5.56 Å². The lowest BCUT2D eigenvalue weighted by molar-refractivity contribution is -0.121. The quantitative estimate of drug-likeness (QED) is 0.779. The van der Waals surface area contributed by atoms with Gasteiger partial charge in [-0.3, -0.25) is 14.0 Å². The highest BCUT2D eigenvalue weighted by Crippen LogP contribution is 2.24. The Morgan fingerprint density at radius 2 is 2.17 bits per heavy atom. The van der Waals surface area contributed by atoms with E-state index in [1.54, 1.807) is 11.3 Å². The first kappa shape index (κ1) is 15.7. The van der Waals surface area contributed by atoms with Crippen LogP contribution in [0.25, 0.3) is 15.7 Å². The van der Waals surface area contributed by atoms with Crippen molar-refractivity contribution >= 4 is 33.0 Å². The summed E-state index contributed by atoms with van der Waals surface area (Å²) < 4.78 is 4.45. The van der Waals surface area contributed by atoms with Crippen molar-refractivity contribution in [3.8, 4) is 0 Å². The molecule has 7 heteroatoms. The van der Waals surface area contributed by atoms with Crippen LogP contribution in [0.3, 0.4) is 0 Å². The van der Waals surface area contributed by atoms with Crippen LogP contribution in [-0.4, -0.2) is 26.1 Å². The first-order chi connectivity index (χ1) is 11.0. The van der Waals surface area contributed by atoms with Gasteiger partial charge in [-0.1, -0.05) is 0 Å². The molecule has 0 saturated heterocycles. The molecule has 0 bridgehead atoms. The molecule has 0 unspecified atom stereocenters. The number of aryl methyl sites for hydroxylation is 2. The summed E-state index contributed by atoms with van der Waals surface area (Å²) in [4.78, 5) is 24.3. The highest BCUT2D eigenvalue weighted by Gasteiger charge is 2.13. The molecule has 0 aliphatic rings. The molecule has 3 aromatic heterocycles. The van der Waals surface area contributed by atoms with Gasteiger partial charge in [0, 0.05) is 19.0 Å². The van der Waals surface area contributed by atoms with Crippen LogP contribution in [0.1, 0.15) is 32.5 Å². The first-order valence-corrected chi connectivity index (χ1v) is 8.61. The zero-order valence-corrected chi connectivity index (χ0v) is 14.3. The van der Waals surface area contributed by atoms with Gasteiger partial charge in [0.05, 0.1) is 10.2 Å². The zero-order valence-electron chi connectivity index (χ0n) is 13.5. The number of aromatic nitrogens is 3. The average Bonchev–Trinajstić information content (AvgIpc) is 3.03. The summed E-state index contributed by atoms with van der Waals surface area (Å²) in [6, 6.07) is 4.05. The van der Waals surface area contributed by atoms with Crippen molar-refractivity contribution < 1.29 is 4.79 Å². The van der Waals surface area contributed by atoms with Crippen molar-refractivity contribution in [1.82, 2.24) is 19.5 Å². The van der Waals surface area contributed by atoms with E-state index in [1.165, 1.54) is 4.68 Å². The van der Waals surface area contributed by atoms with E-state index in [4.69, 9.17) is 0 Å². The third-order valence-corrected chi connectivity index (χ3v) is 4.54. The number of amides is 1. The van der Waals surface area contributed by atoms with Crippen molar-refractivity contribution in [3.63, 3.8) is 0 Å². The molecule has 0 saturated carbocycles. The lowest BCUT2D eigenvalue weighted by Crippen LogP contribution is -2.31. The van der Waals surface area contributed by atoms with Gasteiger partial charge >= 0.3 is 0 Å². The fraction of sp³-hybridized carbons (Fsp3) is 0.438. The number of carbonyl (C=O) groups is 1. The van der Waals surface area contributed by atoms with E-state index in [0.717, 1.165) is 16.0 Å². The van der Waals surface area contributed by atoms with Crippen molar-refractivity contribution in [2.24, 2.45) is 0 Å². The SMILES string of the molecule is Cc1nn(CCCC(=O)NC(C)C)c(=O)c2cc3sccc3n12. The zero-order chi connectivity index (χ0) is 16.6. The number of nitrogens with one attached hydrogen (secondary N) is 1. The molecule has 3 aromatic rings. The van der Waals surface area contributed by atoms with Crippen molar-refractivity contribution in [2.45, 2.75) is 46.2 Å². The van der Waals surface area contributed by atoms with Crippen LogP contribution in [0.4, 0.5) is 0 Å². The fourth-order valence-corrected chi connectivity index (χ4v) is 3.57. The second-order valence-electron chi connectivity index (χ2n) is 5.94. The van der Waals surface area contributed by atoms with Gasteiger partial charge in [-0.05, 0) is 44.7 Å². The van der Waals surface area contributed by atoms with Gasteiger partial charge < -0.3 is 5.32 Å². The molecule has 3 rings (SSSR count). The topological polar surface area (TPSA) is 68.4 Å². The summed E-state index contributed by atoms with van der Waals surface area (Å²) in [5.74, 6) is 0.786. The molecule has 1 amide bonds. The number of hydrogen-bond donors (Lipinski definition) is 1. The van der Waals surface area contributed by atoms with Crippen LogP contribution in [0.5, 0.6) is 0 Å². The molecule has 0 aliphatic heterocycles. The van der Waals surface area contributed by atoms with Gasteiger partial charge in [0.2, 0.25) is 5.91 Å². The second-order valence-corrected chi connectivity index (χ2v) is 6.88. The Balaban J connectivity index is 1.83. The van der Waals surface area contributed by atoms with Gasteiger partial charge in [-0.15, -0.1) is 11.3 Å². The molecule has 0 aliphatic carbocycles. The third-order valence-electron chi connectivity index (χ3n) is 3.69. The smallest absolute Gasteiger partial charge is 0.291 e. The standard InChI is InChI=1S/C16H20N4O2S/c1-10(2)17-15(21)5-4-7-19-16(22)13-9-14-12(6-8-23-14)20(13)11(3)18-19/h6,8-10H,4-5,7H2,1-3H3,(H,17,21). The summed E-state index contributed by atoms with van der Waals surface area (Å²) in [5, 5.41) is 9.26. The molecular formula is C16H20N4O2S. The molecule has 0 aromatic carbocycles. The molecule has 6 nitrogen and oxygen atoms in total. The predicted molar refractivity (Wildman–Crippen MR) is 92.1 cm³/mol. The van der Waals surface area contributed by atoms with E-state index < -0.39 is 0 Å². The van der Waals surface area contributed by atoms with Crippen molar-refractivity contribution in [1.29, 1.82) is 0 Å². The van der Waals surface area contributed by atoms with E-state index in [2.05, 4.69) is 10.4 Å². The van der Waals surface area contributed by atoms with Gasteiger partial charge in [-0.25, -0.2) is 4.68 Å². The first-order valence-electron chi connectivity index (χ1n) is 7.73. The minimum atomic E-state index is -0.108. The summed E-state index contributed by atoms with van der Waals surface area (Å²) in [6.07, 6.45) is 0.989. The van der Waals surface area contributed by atoms with Gasteiger partial charge in [0.1, 0.15) is 11.3 Å². The lowest BCUT2D eigenvalue weighted by Gasteiger charge is -2.10. The Hall–Kier alpha value is -2.15. The van der Waals surface area contributed by atoms with Crippen LogP contribution in [0, 0.1) is 6.92 Å². The number of carbonyl (C=O) groups excluding carboxylic acids is 1. The Kier molecular flexibility index (Phi) is 4.21. The summed E-state index contributed by atoms with van der Waals surface area (Å²) in [5.41, 5.74) is 1.56. The lowest BCUT2D eigenvalue weighted by atomic mass is 10.2. The number of hydrogen-bond acceptors (Lipinski definition) is 4. The average molecular weight is 332 g/mol. The molecular weight excluding hydrogens is 312 g/mol. The molecule has 0 atom stereocenters. The van der Waals surface area contributed by atoms with Gasteiger partial charge in [-0.2, -0.15) is 5.10 Å². The van der Waals surface area contributed by atoms with E-state index >= 15 is 0 Å². The fourth-order valence-electron chi connectivity index (χ4n) is 2.76. The maximum absolute atomic E-state index is 12.6. The highest BCUT2D eigenvalue weighted by molar-refractivity contribution is 7.17. The van der Waals surface area contributed by atoms with E-state index in [9.17, 15) is 9.59 Å². The number of nitrogens with zero attached hydrogens (tertiary/aromatic N) is 3. The number of rotatable bonds is 5. The molecule has 0 fully saturated rings. The maximum atomic E-state index is 12.6. The minimum absolute atomic E-state index is 0.00838. The van der Waals surface area contributed by atoms with Gasteiger partial charge in [0.15, 0.2) is 0 Å². The molecule has 0 radical (unpaired) electrons. The van der Waals surface area contributed by atoms with Crippen LogP contribution in [0.2, 0.25) is 0 Å². The summed E-state index contributed by atoms with van der Waals surface area (Å²) in [7, 11) is 0. The number of thiophene rings is 1.